The molecule has 1 heterocycles. The largest absolute Gasteiger partial charge is 0.485 e. The third-order valence-corrected chi connectivity index (χ3v) is 5.80. The number of hydrogen-bond acceptors (Lipinski definition) is 4. The Morgan fingerprint density at radius 2 is 1.79 bits per heavy atom. The van der Waals surface area contributed by atoms with Gasteiger partial charge in [-0.1, -0.05) is 13.0 Å². The summed E-state index contributed by atoms with van der Waals surface area (Å²) in [5, 5.41) is 0. The van der Waals surface area contributed by atoms with Gasteiger partial charge in [0.05, 0.1) is 17.5 Å². The van der Waals surface area contributed by atoms with Crippen molar-refractivity contribution in [3.8, 4) is 5.75 Å². The highest BCUT2D eigenvalue weighted by Crippen LogP contribution is 2.42. The van der Waals surface area contributed by atoms with Crippen molar-refractivity contribution in [1.29, 1.82) is 0 Å². The smallest absolute Gasteiger partial charge is 0.237 e. The second kappa shape index (κ2) is 7.78. The molecule has 0 aromatic heterocycles. The van der Waals surface area contributed by atoms with Crippen LogP contribution in [0.15, 0.2) is 48.5 Å². The Bertz CT molecular complexity index is 956. The van der Waals surface area contributed by atoms with Gasteiger partial charge in [0.2, 0.25) is 11.8 Å². The average molecular weight is 395 g/mol. The normalized spacial score (nSPS) is 23.8. The molecule has 1 aliphatic carbocycles. The summed E-state index contributed by atoms with van der Waals surface area (Å²) in [6.45, 7) is 1.89. The van der Waals surface area contributed by atoms with Crippen molar-refractivity contribution < 1.29 is 23.5 Å². The first-order valence-corrected chi connectivity index (χ1v) is 9.83. The molecule has 2 amide bonds. The van der Waals surface area contributed by atoms with E-state index in [2.05, 4.69) is 6.92 Å². The lowest BCUT2D eigenvalue weighted by atomic mass is 9.76. The number of hydrogen-bond donors (Lipinski definition) is 0. The van der Waals surface area contributed by atoms with Gasteiger partial charge < -0.3 is 4.74 Å². The predicted molar refractivity (Wildman–Crippen MR) is 105 cm³/mol. The van der Waals surface area contributed by atoms with Crippen LogP contribution in [0.1, 0.15) is 36.5 Å². The van der Waals surface area contributed by atoms with E-state index in [0.717, 1.165) is 19.3 Å². The highest BCUT2D eigenvalue weighted by Gasteiger charge is 2.50. The van der Waals surface area contributed by atoms with E-state index in [1.807, 2.05) is 0 Å². The van der Waals surface area contributed by atoms with E-state index in [1.54, 1.807) is 24.3 Å². The monoisotopic (exact) mass is 395 g/mol. The third-order valence-electron chi connectivity index (χ3n) is 5.80. The van der Waals surface area contributed by atoms with Gasteiger partial charge >= 0.3 is 0 Å². The molecule has 2 aromatic rings. The maximum Gasteiger partial charge on any atom is 0.237 e. The molecule has 29 heavy (non-hydrogen) atoms. The summed E-state index contributed by atoms with van der Waals surface area (Å²) >= 11 is 0. The Labute approximate surface area is 168 Å². The molecule has 1 aliphatic heterocycles. The van der Waals surface area contributed by atoms with Gasteiger partial charge in [0.15, 0.2) is 12.4 Å². The molecule has 0 radical (unpaired) electrons. The molecule has 0 unspecified atom stereocenters. The molecule has 2 aliphatic rings. The number of carbonyl (C=O) groups is 3. The van der Waals surface area contributed by atoms with Crippen LogP contribution in [0.3, 0.4) is 0 Å². The van der Waals surface area contributed by atoms with Gasteiger partial charge in [-0.3, -0.25) is 14.4 Å². The minimum Gasteiger partial charge on any atom is -0.485 e. The zero-order valence-corrected chi connectivity index (χ0v) is 16.1. The first-order valence-electron chi connectivity index (χ1n) is 9.83. The van der Waals surface area contributed by atoms with E-state index >= 15 is 0 Å². The molecule has 2 fully saturated rings. The van der Waals surface area contributed by atoms with Crippen LogP contribution in [0.25, 0.3) is 0 Å². The number of fused-ring (bicyclic) bond motifs is 1. The fourth-order valence-electron chi connectivity index (χ4n) is 4.22. The van der Waals surface area contributed by atoms with E-state index in [4.69, 9.17) is 4.74 Å². The van der Waals surface area contributed by atoms with Gasteiger partial charge in [0.1, 0.15) is 11.6 Å². The van der Waals surface area contributed by atoms with E-state index < -0.39 is 5.82 Å². The van der Waals surface area contributed by atoms with E-state index in [1.165, 1.54) is 29.2 Å². The van der Waals surface area contributed by atoms with Crippen molar-refractivity contribution in [3.05, 3.63) is 59.9 Å². The molecule has 1 saturated heterocycles. The molecule has 150 valence electrons. The lowest BCUT2D eigenvalue weighted by Crippen LogP contribution is -2.30. The number of ketones is 1. The standard InChI is InChI=1S/C23H22FNO4/c1-14-5-10-19-20(11-14)23(28)25(22(19)27)17-3-2-4-18(12-17)29-13-21(26)15-6-8-16(24)9-7-15/h2-4,6-9,12,14,19-20H,5,10-11,13H2,1H3/t14-,19+,20+/m1/s1. The number of ether oxygens (including phenoxy) is 1. The summed E-state index contributed by atoms with van der Waals surface area (Å²) in [6, 6.07) is 11.9. The van der Waals surface area contributed by atoms with Gasteiger partial charge in [-0.25, -0.2) is 9.29 Å². The van der Waals surface area contributed by atoms with Crippen molar-refractivity contribution in [3.63, 3.8) is 0 Å². The average Bonchev–Trinajstić information content (AvgIpc) is 2.96. The minimum absolute atomic E-state index is 0.147. The minimum atomic E-state index is -0.412. The number of nitrogens with zero attached hydrogens (tertiary/aromatic N) is 1. The molecular formula is C23H22FNO4. The first-order chi connectivity index (χ1) is 13.9. The summed E-state index contributed by atoms with van der Waals surface area (Å²) in [6.07, 6.45) is 2.45. The molecule has 3 atom stereocenters. The Morgan fingerprint density at radius 3 is 2.55 bits per heavy atom. The molecule has 0 spiro atoms. The van der Waals surface area contributed by atoms with Gasteiger partial charge in [-0.05, 0) is 61.6 Å². The molecule has 6 heteroatoms. The maximum absolute atomic E-state index is 13.0. The third kappa shape index (κ3) is 3.79. The van der Waals surface area contributed by atoms with Crippen LogP contribution in [0.5, 0.6) is 5.75 Å². The van der Waals surface area contributed by atoms with Crippen LogP contribution in [0.2, 0.25) is 0 Å². The van der Waals surface area contributed by atoms with Crippen LogP contribution in [0.4, 0.5) is 10.1 Å². The molecular weight excluding hydrogens is 373 g/mol. The van der Waals surface area contributed by atoms with E-state index in [0.29, 0.717) is 22.9 Å². The number of carbonyl (C=O) groups excluding carboxylic acids is 3. The van der Waals surface area contributed by atoms with E-state index in [-0.39, 0.29) is 36.0 Å². The van der Waals surface area contributed by atoms with Crippen molar-refractivity contribution in [2.45, 2.75) is 26.2 Å². The van der Waals surface area contributed by atoms with Crippen LogP contribution in [-0.4, -0.2) is 24.2 Å². The molecule has 2 aromatic carbocycles. The fourth-order valence-corrected chi connectivity index (χ4v) is 4.22. The zero-order chi connectivity index (χ0) is 20.5. The quantitative estimate of drug-likeness (QED) is 0.567. The number of rotatable bonds is 5. The molecule has 0 N–H and O–H groups in total. The lowest BCUT2D eigenvalue weighted by molar-refractivity contribution is -0.122. The number of benzene rings is 2. The SMILES string of the molecule is C[C@@H]1CC[C@@H]2C(=O)N(c3cccc(OCC(=O)c4ccc(F)cc4)c3)C(=O)[C@H]2C1. The Hall–Kier alpha value is -3.02. The second-order valence-electron chi connectivity index (χ2n) is 7.86. The van der Waals surface area contributed by atoms with Crippen LogP contribution in [0, 0.1) is 23.6 Å². The number of imide groups is 1. The van der Waals surface area contributed by atoms with Crippen LogP contribution in [-0.2, 0) is 9.59 Å². The van der Waals surface area contributed by atoms with Crippen LogP contribution >= 0.6 is 0 Å². The Kier molecular flexibility index (Phi) is 5.18. The summed E-state index contributed by atoms with van der Waals surface area (Å²) in [4.78, 5) is 39.2. The number of amides is 2. The topological polar surface area (TPSA) is 63.7 Å². The van der Waals surface area contributed by atoms with Crippen molar-refractivity contribution in [1.82, 2.24) is 0 Å². The van der Waals surface area contributed by atoms with Gasteiger partial charge in [0.25, 0.3) is 0 Å². The van der Waals surface area contributed by atoms with Crippen LogP contribution < -0.4 is 9.64 Å². The maximum atomic E-state index is 13.0. The Balaban J connectivity index is 1.47. The fraction of sp³-hybridized carbons (Fsp3) is 0.348. The summed E-state index contributed by atoms with van der Waals surface area (Å²) in [5.41, 5.74) is 0.819. The molecule has 1 saturated carbocycles. The highest BCUT2D eigenvalue weighted by molar-refractivity contribution is 6.22. The number of Topliss-reactive ketones (excluding diaryl/α,β-unsaturated/α-hetero) is 1. The Morgan fingerprint density at radius 1 is 1.07 bits per heavy atom. The number of anilines is 1. The first kappa shape index (κ1) is 19.3. The molecule has 0 bridgehead atoms. The highest BCUT2D eigenvalue weighted by atomic mass is 19.1. The molecule has 5 nitrogen and oxygen atoms in total. The summed E-state index contributed by atoms with van der Waals surface area (Å²) < 4.78 is 18.6. The lowest BCUT2D eigenvalue weighted by Gasteiger charge is -2.25. The second-order valence-corrected chi connectivity index (χ2v) is 7.86. The van der Waals surface area contributed by atoms with E-state index in [9.17, 15) is 18.8 Å². The zero-order valence-electron chi connectivity index (χ0n) is 16.1. The van der Waals surface area contributed by atoms with Gasteiger partial charge in [-0.2, -0.15) is 0 Å². The van der Waals surface area contributed by atoms with Gasteiger partial charge in [-0.15, -0.1) is 0 Å². The predicted octanol–water partition coefficient (Wildman–Crippen LogP) is 4.01. The van der Waals surface area contributed by atoms with Gasteiger partial charge in [0, 0.05) is 11.6 Å². The van der Waals surface area contributed by atoms with Crippen molar-refractivity contribution >= 4 is 23.3 Å². The number of halogens is 1. The summed E-state index contributed by atoms with van der Waals surface area (Å²) in [5.74, 6) is -0.632. The van der Waals surface area contributed by atoms with Crippen molar-refractivity contribution in [2.24, 2.45) is 17.8 Å². The summed E-state index contributed by atoms with van der Waals surface area (Å²) in [7, 11) is 0. The van der Waals surface area contributed by atoms with Crippen molar-refractivity contribution in [2.75, 3.05) is 11.5 Å². The molecule has 4 rings (SSSR count).